The molecule has 98 valence electrons. The van der Waals surface area contributed by atoms with Gasteiger partial charge in [-0.05, 0) is 6.07 Å². The number of aliphatic hydroxyl groups excluding tert-OH is 2. The predicted octanol–water partition coefficient (Wildman–Crippen LogP) is -1.50. The highest BCUT2D eigenvalue weighted by Crippen LogP contribution is 2.43. The number of ether oxygens (including phenoxy) is 1. The van der Waals surface area contributed by atoms with E-state index in [1.807, 2.05) is 0 Å². The fourth-order valence-corrected chi connectivity index (χ4v) is 2.54. The summed E-state index contributed by atoms with van der Waals surface area (Å²) in [5.41, 5.74) is -1.08. The van der Waals surface area contributed by atoms with Crippen LogP contribution < -0.4 is 11.0 Å². The number of hydrogen-bond donors (Lipinski definition) is 4. The molecule has 4 atom stereocenters. The van der Waals surface area contributed by atoms with Crippen molar-refractivity contribution in [2.75, 3.05) is 13.2 Å². The minimum absolute atomic E-state index is 0.293. The molecule has 7 nitrogen and oxygen atoms in total. The fraction of sp³-hybridized carbons (Fsp3) is 0.600. The standard InChI is InChI=1S/C10H13N3O4S/c14-3-5-7(15)10(4-11-10)8(17-5)13-2-1-6(18)12-9(13)16/h1-2,5,7-8,11,14-15H,3-4H2,(H,12,16,18)/t5-,7?,8?,10+/m1/s1. The maximum atomic E-state index is 11.8. The third-order valence-electron chi connectivity index (χ3n) is 3.49. The lowest BCUT2D eigenvalue weighted by atomic mass is 10.00. The van der Waals surface area contributed by atoms with Crippen LogP contribution in [0.25, 0.3) is 0 Å². The first kappa shape index (κ1) is 12.0. The van der Waals surface area contributed by atoms with E-state index in [0.717, 1.165) is 0 Å². The number of aliphatic hydroxyl groups is 2. The number of aromatic nitrogens is 2. The summed E-state index contributed by atoms with van der Waals surface area (Å²) in [6.45, 7) is 0.246. The summed E-state index contributed by atoms with van der Waals surface area (Å²) in [4.78, 5) is 14.3. The Kier molecular flexibility index (Phi) is 2.65. The molecule has 4 N–H and O–H groups in total. The number of hydrogen-bond acceptors (Lipinski definition) is 6. The van der Waals surface area contributed by atoms with Crippen molar-refractivity contribution in [3.8, 4) is 0 Å². The number of rotatable bonds is 2. The largest absolute Gasteiger partial charge is 0.394 e. The smallest absolute Gasteiger partial charge is 0.328 e. The number of aromatic amines is 1. The van der Waals surface area contributed by atoms with Crippen molar-refractivity contribution < 1.29 is 14.9 Å². The van der Waals surface area contributed by atoms with E-state index >= 15 is 0 Å². The van der Waals surface area contributed by atoms with Gasteiger partial charge in [-0.3, -0.25) is 9.55 Å². The molecule has 0 radical (unpaired) electrons. The summed E-state index contributed by atoms with van der Waals surface area (Å²) >= 11 is 4.86. The molecule has 2 aliphatic rings. The van der Waals surface area contributed by atoms with E-state index in [0.29, 0.717) is 11.2 Å². The third kappa shape index (κ3) is 1.57. The maximum Gasteiger partial charge on any atom is 0.328 e. The molecular weight excluding hydrogens is 258 g/mol. The molecule has 0 bridgehead atoms. The summed E-state index contributed by atoms with van der Waals surface area (Å²) in [5, 5.41) is 22.2. The quantitative estimate of drug-likeness (QED) is 0.385. The van der Waals surface area contributed by atoms with E-state index in [2.05, 4.69) is 10.3 Å². The van der Waals surface area contributed by atoms with Crippen LogP contribution in [0.2, 0.25) is 0 Å². The lowest BCUT2D eigenvalue weighted by molar-refractivity contribution is -0.0470. The average Bonchev–Trinajstić information content (AvgIpc) is 3.07. The van der Waals surface area contributed by atoms with Gasteiger partial charge < -0.3 is 20.3 Å². The average molecular weight is 271 g/mol. The molecule has 18 heavy (non-hydrogen) atoms. The molecule has 0 amide bonds. The first-order chi connectivity index (χ1) is 8.58. The van der Waals surface area contributed by atoms with Gasteiger partial charge in [0.2, 0.25) is 0 Å². The van der Waals surface area contributed by atoms with Crippen LogP contribution in [0.3, 0.4) is 0 Å². The lowest BCUT2D eigenvalue weighted by Crippen LogP contribution is -2.41. The summed E-state index contributed by atoms with van der Waals surface area (Å²) in [6, 6.07) is 1.58. The van der Waals surface area contributed by atoms with Gasteiger partial charge >= 0.3 is 5.69 Å². The van der Waals surface area contributed by atoms with Gasteiger partial charge in [-0.2, -0.15) is 0 Å². The van der Waals surface area contributed by atoms with Crippen LogP contribution in [-0.4, -0.2) is 50.7 Å². The van der Waals surface area contributed by atoms with Gasteiger partial charge in [-0.25, -0.2) is 4.79 Å². The monoisotopic (exact) mass is 271 g/mol. The molecule has 1 aromatic rings. The summed E-state index contributed by atoms with van der Waals surface area (Å²) in [7, 11) is 0. The van der Waals surface area contributed by atoms with Gasteiger partial charge in [-0.1, -0.05) is 12.2 Å². The van der Waals surface area contributed by atoms with E-state index in [4.69, 9.17) is 22.1 Å². The molecule has 2 aliphatic heterocycles. The second-order valence-electron chi connectivity index (χ2n) is 4.57. The summed E-state index contributed by atoms with van der Waals surface area (Å²) < 4.78 is 7.23. The van der Waals surface area contributed by atoms with Crippen LogP contribution in [0.5, 0.6) is 0 Å². The Hall–Kier alpha value is -1.06. The molecular formula is C10H13N3O4S. The van der Waals surface area contributed by atoms with Crippen molar-refractivity contribution in [2.24, 2.45) is 0 Å². The number of nitrogens with one attached hydrogen (secondary N) is 2. The first-order valence-corrected chi connectivity index (χ1v) is 6.00. The van der Waals surface area contributed by atoms with Gasteiger partial charge in [-0.15, -0.1) is 0 Å². The highest BCUT2D eigenvalue weighted by molar-refractivity contribution is 7.71. The van der Waals surface area contributed by atoms with Crippen molar-refractivity contribution in [1.29, 1.82) is 0 Å². The van der Waals surface area contributed by atoms with Gasteiger partial charge in [0.25, 0.3) is 0 Å². The fourth-order valence-electron chi connectivity index (χ4n) is 2.39. The highest BCUT2D eigenvalue weighted by Gasteiger charge is 2.64. The third-order valence-corrected chi connectivity index (χ3v) is 3.73. The molecule has 2 saturated heterocycles. The summed E-state index contributed by atoms with van der Waals surface area (Å²) in [6.07, 6.45) is -0.660. The second kappa shape index (κ2) is 3.97. The molecule has 1 aromatic heterocycles. The van der Waals surface area contributed by atoms with Crippen molar-refractivity contribution in [1.82, 2.24) is 14.9 Å². The highest BCUT2D eigenvalue weighted by atomic mass is 32.1. The predicted molar refractivity (Wildman–Crippen MR) is 63.6 cm³/mol. The number of nitrogens with zero attached hydrogens (tertiary/aromatic N) is 1. The van der Waals surface area contributed by atoms with E-state index in [1.54, 1.807) is 6.07 Å². The van der Waals surface area contributed by atoms with Crippen LogP contribution in [0.15, 0.2) is 17.1 Å². The number of H-pyrrole nitrogens is 1. The van der Waals surface area contributed by atoms with Crippen LogP contribution in [-0.2, 0) is 4.74 Å². The molecule has 0 aromatic carbocycles. The molecule has 8 heteroatoms. The molecule has 3 rings (SSSR count). The Morgan fingerprint density at radius 3 is 2.94 bits per heavy atom. The Morgan fingerprint density at radius 2 is 2.39 bits per heavy atom. The topological polar surface area (TPSA) is 109 Å². The Labute approximate surface area is 107 Å². The minimum Gasteiger partial charge on any atom is -0.394 e. The first-order valence-electron chi connectivity index (χ1n) is 5.59. The molecule has 3 heterocycles. The Balaban J connectivity index is 2.02. The molecule has 2 unspecified atom stereocenters. The van der Waals surface area contributed by atoms with Crippen molar-refractivity contribution in [3.63, 3.8) is 0 Å². The molecule has 0 aliphatic carbocycles. The van der Waals surface area contributed by atoms with Gasteiger partial charge in [0.15, 0.2) is 6.23 Å². The van der Waals surface area contributed by atoms with Gasteiger partial charge in [0, 0.05) is 12.7 Å². The zero-order valence-electron chi connectivity index (χ0n) is 9.37. The van der Waals surface area contributed by atoms with Crippen LogP contribution in [0, 0.1) is 4.64 Å². The molecule has 0 saturated carbocycles. The van der Waals surface area contributed by atoms with Crippen molar-refractivity contribution in [3.05, 3.63) is 27.4 Å². The zero-order valence-corrected chi connectivity index (χ0v) is 10.2. The lowest BCUT2D eigenvalue weighted by Gasteiger charge is -2.19. The van der Waals surface area contributed by atoms with E-state index in [9.17, 15) is 9.90 Å². The summed E-state index contributed by atoms with van der Waals surface area (Å²) in [5.74, 6) is 0. The second-order valence-corrected chi connectivity index (χ2v) is 5.01. The normalized spacial score (nSPS) is 38.2. The minimum atomic E-state index is -0.845. The van der Waals surface area contributed by atoms with E-state index in [-0.39, 0.29) is 6.61 Å². The Bertz CT molecular complexity index is 579. The van der Waals surface area contributed by atoms with Crippen LogP contribution in [0.4, 0.5) is 0 Å². The molecule has 2 fully saturated rings. The van der Waals surface area contributed by atoms with E-state index < -0.39 is 29.7 Å². The van der Waals surface area contributed by atoms with E-state index in [1.165, 1.54) is 10.8 Å². The molecule has 1 spiro atoms. The zero-order chi connectivity index (χ0) is 12.9. The van der Waals surface area contributed by atoms with Gasteiger partial charge in [0.05, 0.1) is 6.61 Å². The van der Waals surface area contributed by atoms with Gasteiger partial charge in [0.1, 0.15) is 22.4 Å². The Morgan fingerprint density at radius 1 is 1.67 bits per heavy atom. The van der Waals surface area contributed by atoms with Crippen molar-refractivity contribution in [2.45, 2.75) is 24.0 Å². The maximum absolute atomic E-state index is 11.8. The van der Waals surface area contributed by atoms with Crippen molar-refractivity contribution >= 4 is 12.2 Å². The SMILES string of the molecule is O=c1[nH]c(=S)ccn1C1O[C@H](CO)C(O)[C@@]12CN2. The van der Waals surface area contributed by atoms with Crippen LogP contribution in [0.1, 0.15) is 6.23 Å². The van der Waals surface area contributed by atoms with Crippen LogP contribution >= 0.6 is 12.2 Å².